The first-order valence-electron chi connectivity index (χ1n) is 8.54. The highest BCUT2D eigenvalue weighted by molar-refractivity contribution is 5.93. The highest BCUT2D eigenvalue weighted by Crippen LogP contribution is 2.32. The predicted molar refractivity (Wildman–Crippen MR) is 103 cm³/mol. The fraction of sp³-hybridized carbons (Fsp3) is 0.350. The Bertz CT molecular complexity index is 678. The summed E-state index contributed by atoms with van der Waals surface area (Å²) in [6, 6.07) is 17.5. The molecule has 0 saturated heterocycles. The molecule has 25 heavy (non-hydrogen) atoms. The minimum Gasteiger partial charge on any atom is -0.489 e. The highest BCUT2D eigenvalue weighted by atomic mass is 35.5. The van der Waals surface area contributed by atoms with Gasteiger partial charge in [-0.05, 0) is 43.5 Å². The average Bonchev–Trinajstić information content (AvgIpc) is 3.11. The molecule has 1 saturated carbocycles. The number of hydrogen-bond acceptors (Lipinski definition) is 3. The van der Waals surface area contributed by atoms with Gasteiger partial charge in [0.25, 0.3) is 0 Å². The summed E-state index contributed by atoms with van der Waals surface area (Å²) < 4.78 is 5.81. The third-order valence-corrected chi connectivity index (χ3v) is 4.71. The molecule has 0 spiro atoms. The fourth-order valence-corrected chi connectivity index (χ4v) is 3.34. The number of benzene rings is 2. The Hall–Kier alpha value is -2.04. The molecule has 3 N–H and O–H groups in total. The van der Waals surface area contributed by atoms with Crippen molar-refractivity contribution < 1.29 is 9.53 Å². The SMILES string of the molecule is Cl.NC[C@H]1CCC[C@H]1C(=O)Nc1ccccc1COc1ccccc1. The van der Waals surface area contributed by atoms with Crippen molar-refractivity contribution in [2.24, 2.45) is 17.6 Å². The molecule has 0 heterocycles. The lowest BCUT2D eigenvalue weighted by molar-refractivity contribution is -0.120. The van der Waals surface area contributed by atoms with Crippen LogP contribution in [0, 0.1) is 11.8 Å². The van der Waals surface area contributed by atoms with Gasteiger partial charge in [-0.25, -0.2) is 0 Å². The molecule has 2 aromatic carbocycles. The fourth-order valence-electron chi connectivity index (χ4n) is 3.34. The van der Waals surface area contributed by atoms with Gasteiger partial charge < -0.3 is 15.8 Å². The molecule has 2 atom stereocenters. The Morgan fingerprint density at radius 3 is 2.56 bits per heavy atom. The molecule has 1 amide bonds. The van der Waals surface area contributed by atoms with Gasteiger partial charge in [0.15, 0.2) is 0 Å². The van der Waals surface area contributed by atoms with Gasteiger partial charge in [0.2, 0.25) is 5.91 Å². The largest absolute Gasteiger partial charge is 0.489 e. The molecule has 1 aliphatic carbocycles. The summed E-state index contributed by atoms with van der Waals surface area (Å²) in [4.78, 5) is 12.6. The number of hydrogen-bond donors (Lipinski definition) is 2. The summed E-state index contributed by atoms with van der Waals surface area (Å²) in [6.07, 6.45) is 3.06. The smallest absolute Gasteiger partial charge is 0.227 e. The Morgan fingerprint density at radius 1 is 1.08 bits per heavy atom. The van der Waals surface area contributed by atoms with Crippen LogP contribution in [0.5, 0.6) is 5.75 Å². The van der Waals surface area contributed by atoms with Crippen LogP contribution in [-0.2, 0) is 11.4 Å². The standard InChI is InChI=1S/C20H24N2O2.ClH/c21-13-15-8-6-11-18(15)20(23)22-19-12-5-4-7-16(19)14-24-17-9-2-1-3-10-17;/h1-5,7,9-10,12,15,18H,6,8,11,13-14,21H2,(H,22,23);1H/t15-,18-;/m1./s1. The Labute approximate surface area is 155 Å². The van der Waals surface area contributed by atoms with Gasteiger partial charge in [-0.1, -0.05) is 42.8 Å². The summed E-state index contributed by atoms with van der Waals surface area (Å²) in [5.74, 6) is 1.23. The second-order valence-corrected chi connectivity index (χ2v) is 6.28. The monoisotopic (exact) mass is 360 g/mol. The van der Waals surface area contributed by atoms with E-state index in [9.17, 15) is 4.79 Å². The van der Waals surface area contributed by atoms with E-state index in [-0.39, 0.29) is 24.2 Å². The third-order valence-electron chi connectivity index (χ3n) is 4.71. The predicted octanol–water partition coefficient (Wildman–Crippen LogP) is 4.00. The average molecular weight is 361 g/mol. The minimum atomic E-state index is 0. The van der Waals surface area contributed by atoms with E-state index in [1.165, 1.54) is 0 Å². The zero-order chi connectivity index (χ0) is 16.8. The van der Waals surface area contributed by atoms with E-state index in [2.05, 4.69) is 5.32 Å². The lowest BCUT2D eigenvalue weighted by atomic mass is 9.95. The summed E-state index contributed by atoms with van der Waals surface area (Å²) in [5.41, 5.74) is 7.59. The molecular formula is C20H25ClN2O2. The molecule has 134 valence electrons. The summed E-state index contributed by atoms with van der Waals surface area (Å²) in [6.45, 7) is 1.00. The first kappa shape index (κ1) is 19.3. The number of carbonyl (C=O) groups is 1. The first-order chi connectivity index (χ1) is 11.8. The van der Waals surface area contributed by atoms with Crippen LogP contribution >= 0.6 is 12.4 Å². The quantitative estimate of drug-likeness (QED) is 0.818. The van der Waals surface area contributed by atoms with E-state index in [0.717, 1.165) is 36.3 Å². The molecular weight excluding hydrogens is 336 g/mol. The lowest BCUT2D eigenvalue weighted by Gasteiger charge is -2.19. The summed E-state index contributed by atoms with van der Waals surface area (Å²) >= 11 is 0. The maximum atomic E-state index is 12.6. The molecule has 0 unspecified atom stereocenters. The topological polar surface area (TPSA) is 64.4 Å². The molecule has 0 aromatic heterocycles. The number of para-hydroxylation sites is 2. The zero-order valence-electron chi connectivity index (χ0n) is 14.2. The van der Waals surface area contributed by atoms with Crippen molar-refractivity contribution in [3.8, 4) is 5.75 Å². The molecule has 4 nitrogen and oxygen atoms in total. The molecule has 2 aromatic rings. The second-order valence-electron chi connectivity index (χ2n) is 6.28. The summed E-state index contributed by atoms with van der Waals surface area (Å²) in [5, 5.41) is 3.08. The summed E-state index contributed by atoms with van der Waals surface area (Å²) in [7, 11) is 0. The van der Waals surface area contributed by atoms with Crippen molar-refractivity contribution in [1.29, 1.82) is 0 Å². The van der Waals surface area contributed by atoms with Gasteiger partial charge in [-0.3, -0.25) is 4.79 Å². The molecule has 0 bridgehead atoms. The maximum Gasteiger partial charge on any atom is 0.227 e. The van der Waals surface area contributed by atoms with Gasteiger partial charge in [0.1, 0.15) is 12.4 Å². The lowest BCUT2D eigenvalue weighted by Crippen LogP contribution is -2.30. The highest BCUT2D eigenvalue weighted by Gasteiger charge is 2.32. The molecule has 1 aliphatic rings. The van der Waals surface area contributed by atoms with Crippen LogP contribution < -0.4 is 15.8 Å². The van der Waals surface area contributed by atoms with Crippen molar-refractivity contribution in [3.63, 3.8) is 0 Å². The molecule has 1 fully saturated rings. The van der Waals surface area contributed by atoms with Gasteiger partial charge in [0, 0.05) is 17.2 Å². The molecule has 0 radical (unpaired) electrons. The number of nitrogens with two attached hydrogens (primary N) is 1. The van der Waals surface area contributed by atoms with Crippen LogP contribution in [0.15, 0.2) is 54.6 Å². The van der Waals surface area contributed by atoms with Crippen LogP contribution in [0.1, 0.15) is 24.8 Å². The van der Waals surface area contributed by atoms with Gasteiger partial charge in [-0.15, -0.1) is 12.4 Å². The minimum absolute atomic E-state index is 0. The number of halogens is 1. The Kier molecular flexibility index (Phi) is 7.29. The van der Waals surface area contributed by atoms with E-state index >= 15 is 0 Å². The van der Waals surface area contributed by atoms with Crippen molar-refractivity contribution in [3.05, 3.63) is 60.2 Å². The van der Waals surface area contributed by atoms with E-state index in [0.29, 0.717) is 19.1 Å². The van der Waals surface area contributed by atoms with Crippen LogP contribution in [-0.4, -0.2) is 12.5 Å². The van der Waals surface area contributed by atoms with Crippen molar-refractivity contribution in [2.45, 2.75) is 25.9 Å². The van der Waals surface area contributed by atoms with E-state index in [4.69, 9.17) is 10.5 Å². The molecule has 0 aliphatic heterocycles. The molecule has 5 heteroatoms. The second kappa shape index (κ2) is 9.44. The van der Waals surface area contributed by atoms with Crippen LogP contribution in [0.4, 0.5) is 5.69 Å². The Morgan fingerprint density at radius 2 is 1.80 bits per heavy atom. The third kappa shape index (κ3) is 4.97. The van der Waals surface area contributed by atoms with E-state index < -0.39 is 0 Å². The number of carbonyl (C=O) groups excluding carboxylic acids is 1. The first-order valence-corrected chi connectivity index (χ1v) is 8.54. The van der Waals surface area contributed by atoms with E-state index in [1.54, 1.807) is 0 Å². The van der Waals surface area contributed by atoms with Gasteiger partial charge in [0.05, 0.1) is 0 Å². The van der Waals surface area contributed by atoms with Crippen molar-refractivity contribution >= 4 is 24.0 Å². The van der Waals surface area contributed by atoms with Crippen molar-refractivity contribution in [2.75, 3.05) is 11.9 Å². The maximum absolute atomic E-state index is 12.6. The van der Waals surface area contributed by atoms with Crippen molar-refractivity contribution in [1.82, 2.24) is 0 Å². The van der Waals surface area contributed by atoms with Crippen LogP contribution in [0.25, 0.3) is 0 Å². The normalized spacial score (nSPS) is 19.1. The van der Waals surface area contributed by atoms with Crippen LogP contribution in [0.3, 0.4) is 0 Å². The van der Waals surface area contributed by atoms with E-state index in [1.807, 2.05) is 54.6 Å². The number of anilines is 1. The van der Waals surface area contributed by atoms with Gasteiger partial charge >= 0.3 is 0 Å². The molecule has 3 rings (SSSR count). The Balaban J connectivity index is 0.00000225. The number of amides is 1. The van der Waals surface area contributed by atoms with Gasteiger partial charge in [-0.2, -0.15) is 0 Å². The van der Waals surface area contributed by atoms with Crippen LogP contribution in [0.2, 0.25) is 0 Å². The number of ether oxygens (including phenoxy) is 1. The zero-order valence-corrected chi connectivity index (χ0v) is 15.0. The number of nitrogens with one attached hydrogen (secondary N) is 1. The number of rotatable bonds is 6.